The smallest absolute Gasteiger partial charge is 0.258 e. The molecule has 9 nitrogen and oxygen atoms in total. The molecule has 3 heterocycles. The molecule has 6 rings (SSSR count). The van der Waals surface area contributed by atoms with E-state index in [0.29, 0.717) is 17.0 Å². The molecule has 0 spiro atoms. The molecule has 41 heavy (non-hydrogen) atoms. The van der Waals surface area contributed by atoms with Crippen molar-refractivity contribution < 1.29 is 4.79 Å². The van der Waals surface area contributed by atoms with Gasteiger partial charge < -0.3 is 15.1 Å². The fourth-order valence-electron chi connectivity index (χ4n) is 4.85. The van der Waals surface area contributed by atoms with Crippen LogP contribution in [0.4, 0.5) is 22.9 Å². The highest BCUT2D eigenvalue weighted by molar-refractivity contribution is 6.06. The van der Waals surface area contributed by atoms with Crippen molar-refractivity contribution >= 4 is 34.4 Å². The minimum Gasteiger partial charge on any atom is -0.378 e. The van der Waals surface area contributed by atoms with E-state index in [4.69, 9.17) is 10.1 Å². The number of rotatable bonds is 7. The Kier molecular flexibility index (Phi) is 6.68. The van der Waals surface area contributed by atoms with Crippen molar-refractivity contribution in [3.63, 3.8) is 0 Å². The maximum Gasteiger partial charge on any atom is 0.258 e. The van der Waals surface area contributed by atoms with Gasteiger partial charge in [0.2, 0.25) is 0 Å². The Balaban J connectivity index is 1.36. The number of anilines is 4. The van der Waals surface area contributed by atoms with Gasteiger partial charge in [-0.3, -0.25) is 13.9 Å². The fraction of sp³-hybridized carbons (Fsp3) is 0.125. The summed E-state index contributed by atoms with van der Waals surface area (Å²) in [4.78, 5) is 26.1. The second-order valence-electron chi connectivity index (χ2n) is 10.0. The predicted octanol–water partition coefficient (Wildman–Crippen LogP) is 5.88. The molecule has 3 aromatic carbocycles. The van der Waals surface area contributed by atoms with Crippen molar-refractivity contribution in [3.05, 3.63) is 109 Å². The van der Waals surface area contributed by atoms with Gasteiger partial charge in [0.1, 0.15) is 5.69 Å². The zero-order valence-electron chi connectivity index (χ0n) is 23.4. The zero-order valence-corrected chi connectivity index (χ0v) is 23.4. The van der Waals surface area contributed by atoms with E-state index >= 15 is 0 Å². The number of amides is 1. The lowest BCUT2D eigenvalue weighted by molar-refractivity contribution is 0.0993. The second-order valence-corrected chi connectivity index (χ2v) is 10.0. The van der Waals surface area contributed by atoms with Crippen LogP contribution in [0.25, 0.3) is 28.2 Å². The van der Waals surface area contributed by atoms with Crippen molar-refractivity contribution in [2.24, 2.45) is 7.05 Å². The molecule has 0 aliphatic heterocycles. The highest BCUT2D eigenvalue weighted by Gasteiger charge is 2.19. The molecular formula is C32H30N8O. The first-order valence-electron chi connectivity index (χ1n) is 13.2. The van der Waals surface area contributed by atoms with E-state index in [-0.39, 0.29) is 5.91 Å². The minimum atomic E-state index is -0.0746. The standard InChI is InChI=1S/C32H30N8O/c1-37(2)25-14-9-13-24(19-25)35-30-31-34-20-28(40(31)17-16-33-30)27-21-38(3)36-29(27)23-12-8-15-26(18-23)39(4)32(41)22-10-6-5-7-11-22/h5-21H,1-4H3,(H,33,35). The molecule has 0 aliphatic carbocycles. The van der Waals surface area contributed by atoms with Crippen LogP contribution in [0.2, 0.25) is 0 Å². The zero-order chi connectivity index (χ0) is 28.5. The van der Waals surface area contributed by atoms with Crippen LogP contribution in [0.15, 0.2) is 104 Å². The van der Waals surface area contributed by atoms with Crippen LogP contribution in [0.1, 0.15) is 10.4 Å². The molecule has 0 bridgehead atoms. The molecule has 0 saturated heterocycles. The Morgan fingerprint density at radius 3 is 2.46 bits per heavy atom. The lowest BCUT2D eigenvalue weighted by Crippen LogP contribution is -2.26. The maximum atomic E-state index is 13.1. The largest absolute Gasteiger partial charge is 0.378 e. The minimum absolute atomic E-state index is 0.0746. The van der Waals surface area contributed by atoms with Crippen LogP contribution in [0.3, 0.4) is 0 Å². The van der Waals surface area contributed by atoms with Gasteiger partial charge in [-0.2, -0.15) is 5.10 Å². The lowest BCUT2D eigenvalue weighted by Gasteiger charge is -2.18. The van der Waals surface area contributed by atoms with E-state index in [1.165, 1.54) is 0 Å². The maximum absolute atomic E-state index is 13.1. The molecule has 0 fully saturated rings. The van der Waals surface area contributed by atoms with E-state index in [1.807, 2.05) is 111 Å². The Morgan fingerprint density at radius 2 is 1.66 bits per heavy atom. The summed E-state index contributed by atoms with van der Waals surface area (Å²) < 4.78 is 3.81. The van der Waals surface area contributed by atoms with Crippen LogP contribution in [0.5, 0.6) is 0 Å². The van der Waals surface area contributed by atoms with Crippen molar-refractivity contribution in [3.8, 4) is 22.5 Å². The Morgan fingerprint density at radius 1 is 0.878 bits per heavy atom. The number of hydrogen-bond acceptors (Lipinski definition) is 6. The van der Waals surface area contributed by atoms with Crippen molar-refractivity contribution in [1.29, 1.82) is 0 Å². The summed E-state index contributed by atoms with van der Waals surface area (Å²) in [5.74, 6) is 0.581. The van der Waals surface area contributed by atoms with Gasteiger partial charge in [-0.1, -0.05) is 36.4 Å². The number of hydrogen-bond donors (Lipinski definition) is 1. The summed E-state index contributed by atoms with van der Waals surface area (Å²) in [6.07, 6.45) is 7.49. The number of carbonyl (C=O) groups excluding carboxylic acids is 1. The van der Waals surface area contributed by atoms with Gasteiger partial charge in [-0.05, 0) is 42.5 Å². The van der Waals surface area contributed by atoms with Gasteiger partial charge in [0, 0.05) is 80.5 Å². The summed E-state index contributed by atoms with van der Waals surface area (Å²) in [5, 5.41) is 8.22. The van der Waals surface area contributed by atoms with Gasteiger partial charge in [-0.25, -0.2) is 9.97 Å². The van der Waals surface area contributed by atoms with E-state index in [2.05, 4.69) is 27.3 Å². The summed E-state index contributed by atoms with van der Waals surface area (Å²) in [6.45, 7) is 0. The van der Waals surface area contributed by atoms with Gasteiger partial charge in [0.15, 0.2) is 11.5 Å². The van der Waals surface area contributed by atoms with Crippen molar-refractivity contribution in [2.45, 2.75) is 0 Å². The van der Waals surface area contributed by atoms with Crippen LogP contribution in [0, 0.1) is 0 Å². The number of fused-ring (bicyclic) bond motifs is 1. The van der Waals surface area contributed by atoms with E-state index < -0.39 is 0 Å². The molecule has 0 saturated carbocycles. The SMILES string of the molecule is CN(C)c1cccc(Nc2nccn3c(-c4cn(C)nc4-c4cccc(N(C)C(=O)c5ccccc5)c4)cnc23)c1. The van der Waals surface area contributed by atoms with E-state index in [9.17, 15) is 4.79 Å². The monoisotopic (exact) mass is 542 g/mol. The number of aromatic nitrogens is 5. The third-order valence-corrected chi connectivity index (χ3v) is 6.99. The molecule has 1 N–H and O–H groups in total. The topological polar surface area (TPSA) is 83.6 Å². The van der Waals surface area contributed by atoms with Crippen LogP contribution in [-0.2, 0) is 7.05 Å². The first-order valence-corrected chi connectivity index (χ1v) is 13.2. The van der Waals surface area contributed by atoms with Gasteiger partial charge >= 0.3 is 0 Å². The normalized spacial score (nSPS) is 11.0. The Labute approximate surface area is 238 Å². The van der Waals surface area contributed by atoms with Gasteiger partial charge in [0.25, 0.3) is 5.91 Å². The first-order chi connectivity index (χ1) is 19.9. The molecular weight excluding hydrogens is 512 g/mol. The third-order valence-electron chi connectivity index (χ3n) is 6.99. The molecule has 3 aromatic heterocycles. The average molecular weight is 543 g/mol. The fourth-order valence-corrected chi connectivity index (χ4v) is 4.85. The summed E-state index contributed by atoms with van der Waals surface area (Å²) in [6, 6.07) is 25.3. The molecule has 0 atom stereocenters. The first kappa shape index (κ1) is 25.8. The number of carbonyl (C=O) groups is 1. The molecule has 1 amide bonds. The van der Waals surface area contributed by atoms with E-state index in [0.717, 1.165) is 39.6 Å². The molecule has 6 aromatic rings. The van der Waals surface area contributed by atoms with Crippen LogP contribution >= 0.6 is 0 Å². The summed E-state index contributed by atoms with van der Waals surface area (Å²) >= 11 is 0. The van der Waals surface area contributed by atoms with E-state index in [1.54, 1.807) is 22.8 Å². The third kappa shape index (κ3) is 5.00. The predicted molar refractivity (Wildman–Crippen MR) is 164 cm³/mol. The van der Waals surface area contributed by atoms with Crippen molar-refractivity contribution in [1.82, 2.24) is 24.1 Å². The Bertz CT molecular complexity index is 1850. The molecule has 9 heteroatoms. The highest BCUT2D eigenvalue weighted by Crippen LogP contribution is 2.34. The lowest BCUT2D eigenvalue weighted by atomic mass is 10.0. The highest BCUT2D eigenvalue weighted by atomic mass is 16.2. The van der Waals surface area contributed by atoms with Gasteiger partial charge in [-0.15, -0.1) is 0 Å². The quantitative estimate of drug-likeness (QED) is 0.271. The molecule has 204 valence electrons. The van der Waals surface area contributed by atoms with Crippen LogP contribution in [-0.4, -0.2) is 51.2 Å². The summed E-state index contributed by atoms with van der Waals surface area (Å²) in [5.41, 5.74) is 7.62. The summed E-state index contributed by atoms with van der Waals surface area (Å²) in [7, 11) is 7.71. The van der Waals surface area contributed by atoms with Crippen molar-refractivity contribution in [2.75, 3.05) is 36.3 Å². The van der Waals surface area contributed by atoms with Gasteiger partial charge in [0.05, 0.1) is 11.9 Å². The van der Waals surface area contributed by atoms with Crippen LogP contribution < -0.4 is 15.1 Å². The average Bonchev–Trinajstić information content (AvgIpc) is 3.61. The number of nitrogens with zero attached hydrogens (tertiary/aromatic N) is 7. The molecule has 0 radical (unpaired) electrons. The number of nitrogens with one attached hydrogen (secondary N) is 1. The number of aryl methyl sites for hydroxylation is 1. The number of imidazole rings is 1. The molecule has 0 unspecified atom stereocenters. The Hall–Kier alpha value is -5.44. The second kappa shape index (κ2) is 10.6. The molecule has 0 aliphatic rings. The number of benzene rings is 3.